The van der Waals surface area contributed by atoms with Gasteiger partial charge >= 0.3 is 0 Å². The molecule has 2 heteroatoms. The number of aryl methyl sites for hydroxylation is 2. The van der Waals surface area contributed by atoms with Crippen molar-refractivity contribution in [2.45, 2.75) is 89.4 Å². The van der Waals surface area contributed by atoms with Crippen LogP contribution in [0.15, 0.2) is 97.1 Å². The topological polar surface area (TPSA) is 20.2 Å². The van der Waals surface area contributed by atoms with Gasteiger partial charge in [0.1, 0.15) is 11.6 Å². The first-order chi connectivity index (χ1) is 21.1. The molecule has 0 saturated heterocycles. The van der Waals surface area contributed by atoms with Crippen LogP contribution >= 0.6 is 0 Å². The van der Waals surface area contributed by atoms with Crippen LogP contribution in [-0.2, 0) is 25.7 Å². The Hall–Kier alpha value is -3.39. The van der Waals surface area contributed by atoms with Crippen molar-refractivity contribution in [2.24, 2.45) is 17.8 Å². The Morgan fingerprint density at radius 1 is 0.791 bits per heavy atom. The molecule has 0 bridgehead atoms. The summed E-state index contributed by atoms with van der Waals surface area (Å²) in [5.41, 5.74) is 8.32. The molecule has 4 aromatic carbocycles. The van der Waals surface area contributed by atoms with Crippen molar-refractivity contribution in [2.75, 3.05) is 0 Å². The van der Waals surface area contributed by atoms with E-state index in [1.54, 1.807) is 12.1 Å². The van der Waals surface area contributed by atoms with Crippen LogP contribution in [-0.4, -0.2) is 5.11 Å². The van der Waals surface area contributed by atoms with Gasteiger partial charge in [0.15, 0.2) is 0 Å². The van der Waals surface area contributed by atoms with E-state index >= 15 is 0 Å². The van der Waals surface area contributed by atoms with Crippen LogP contribution in [0.2, 0.25) is 0 Å². The van der Waals surface area contributed by atoms with Gasteiger partial charge in [-0.25, -0.2) is 4.39 Å². The standard InChI is InChI=1S/C41H47FO/c1-2-6-30(25-31-7-4-3-5-8-31)12-18-36-28-40(36)33-16-10-32(11-17-33)26-41-34(15-9-29-13-21-37(42)22-14-29)19-20-35-27-38(43)23-24-39(35)41/h3-5,7-8,10-11,13-14,16-17,21-24,27,30,34,36,40-41,43H,2,6,9,12,15,18-20,25-26,28H2,1H3. The monoisotopic (exact) mass is 574 g/mol. The highest BCUT2D eigenvalue weighted by Crippen LogP contribution is 2.51. The molecular weight excluding hydrogens is 527 g/mol. The van der Waals surface area contributed by atoms with Gasteiger partial charge in [-0.3, -0.25) is 0 Å². The van der Waals surface area contributed by atoms with E-state index in [9.17, 15) is 9.50 Å². The molecule has 224 valence electrons. The number of benzene rings is 4. The van der Waals surface area contributed by atoms with E-state index in [4.69, 9.17) is 0 Å². The Morgan fingerprint density at radius 3 is 2.33 bits per heavy atom. The third kappa shape index (κ3) is 7.77. The first-order valence-corrected chi connectivity index (χ1v) is 16.7. The van der Waals surface area contributed by atoms with Crippen molar-refractivity contribution >= 4 is 0 Å². The quantitative estimate of drug-likeness (QED) is 0.168. The molecule has 0 radical (unpaired) electrons. The van der Waals surface area contributed by atoms with Gasteiger partial charge in [-0.05, 0) is 145 Å². The number of rotatable bonds is 13. The van der Waals surface area contributed by atoms with Crippen molar-refractivity contribution in [3.05, 3.63) is 136 Å². The van der Waals surface area contributed by atoms with E-state index in [-0.39, 0.29) is 5.82 Å². The van der Waals surface area contributed by atoms with Crippen LogP contribution in [0.25, 0.3) is 0 Å². The molecule has 0 heterocycles. The third-order valence-electron chi connectivity index (χ3n) is 10.4. The lowest BCUT2D eigenvalue weighted by molar-refractivity contribution is 0.345. The Balaban J connectivity index is 1.07. The number of phenols is 1. The Bertz CT molecular complexity index is 1440. The maximum atomic E-state index is 13.4. The minimum Gasteiger partial charge on any atom is -0.508 e. The van der Waals surface area contributed by atoms with E-state index < -0.39 is 0 Å². The summed E-state index contributed by atoms with van der Waals surface area (Å²) in [5.74, 6) is 3.58. The zero-order chi connectivity index (χ0) is 29.6. The number of halogens is 1. The van der Waals surface area contributed by atoms with Gasteiger partial charge in [0, 0.05) is 0 Å². The first-order valence-electron chi connectivity index (χ1n) is 16.7. The molecule has 2 aliphatic rings. The molecule has 1 saturated carbocycles. The van der Waals surface area contributed by atoms with E-state index in [2.05, 4.69) is 67.6 Å². The van der Waals surface area contributed by atoms with Crippen molar-refractivity contribution in [3.8, 4) is 5.75 Å². The van der Waals surface area contributed by atoms with E-state index in [0.717, 1.165) is 49.9 Å². The lowest BCUT2D eigenvalue weighted by Crippen LogP contribution is -2.23. The third-order valence-corrected chi connectivity index (χ3v) is 10.4. The van der Waals surface area contributed by atoms with Crippen LogP contribution in [0, 0.1) is 23.6 Å². The number of fused-ring (bicyclic) bond motifs is 1. The Kier molecular flexibility index (Phi) is 9.61. The highest BCUT2D eigenvalue weighted by molar-refractivity contribution is 5.41. The summed E-state index contributed by atoms with van der Waals surface area (Å²) in [6.45, 7) is 2.32. The SMILES string of the molecule is CCCC(CCC1CC1c1ccc(CC2c3ccc(O)cc3CCC2CCc2ccc(F)cc2)cc1)Cc1ccccc1. The van der Waals surface area contributed by atoms with Gasteiger partial charge in [0.2, 0.25) is 0 Å². The molecule has 6 rings (SSSR count). The van der Waals surface area contributed by atoms with Gasteiger partial charge in [0.05, 0.1) is 0 Å². The Morgan fingerprint density at radius 2 is 1.56 bits per heavy atom. The summed E-state index contributed by atoms with van der Waals surface area (Å²) in [4.78, 5) is 0. The average Bonchev–Trinajstić information content (AvgIpc) is 3.81. The maximum absolute atomic E-state index is 13.4. The van der Waals surface area contributed by atoms with Crippen LogP contribution < -0.4 is 0 Å². The molecule has 5 atom stereocenters. The average molecular weight is 575 g/mol. The molecule has 0 aliphatic heterocycles. The van der Waals surface area contributed by atoms with Crippen molar-refractivity contribution in [3.63, 3.8) is 0 Å². The Labute approximate surface area is 258 Å². The fraction of sp³-hybridized carbons (Fsp3) is 0.415. The van der Waals surface area contributed by atoms with Crippen LogP contribution in [0.3, 0.4) is 0 Å². The number of hydrogen-bond acceptors (Lipinski definition) is 1. The summed E-state index contributed by atoms with van der Waals surface area (Å²) >= 11 is 0. The van der Waals surface area contributed by atoms with Crippen LogP contribution in [0.5, 0.6) is 5.75 Å². The molecule has 1 fully saturated rings. The van der Waals surface area contributed by atoms with E-state index in [1.807, 2.05) is 24.3 Å². The fourth-order valence-corrected chi connectivity index (χ4v) is 7.88. The smallest absolute Gasteiger partial charge is 0.123 e. The molecule has 0 amide bonds. The lowest BCUT2D eigenvalue weighted by Gasteiger charge is -2.34. The van der Waals surface area contributed by atoms with Gasteiger partial charge in [0.25, 0.3) is 0 Å². The normalized spacial score (nSPS) is 21.7. The first kappa shape index (κ1) is 29.7. The number of phenolic OH excluding ortho intramolecular Hbond substituents is 1. The van der Waals surface area contributed by atoms with E-state index in [1.165, 1.54) is 71.9 Å². The van der Waals surface area contributed by atoms with Gasteiger partial charge in [-0.15, -0.1) is 0 Å². The molecule has 0 aromatic heterocycles. The predicted molar refractivity (Wildman–Crippen MR) is 176 cm³/mol. The zero-order valence-electron chi connectivity index (χ0n) is 25.7. The molecular formula is C41H47FO. The van der Waals surface area contributed by atoms with E-state index in [0.29, 0.717) is 17.6 Å². The largest absolute Gasteiger partial charge is 0.508 e. The van der Waals surface area contributed by atoms with Crippen LogP contribution in [0.1, 0.15) is 97.1 Å². The second-order valence-corrected chi connectivity index (χ2v) is 13.4. The van der Waals surface area contributed by atoms with Gasteiger partial charge in [-0.2, -0.15) is 0 Å². The fourth-order valence-electron chi connectivity index (χ4n) is 7.88. The molecule has 43 heavy (non-hydrogen) atoms. The highest BCUT2D eigenvalue weighted by Gasteiger charge is 2.38. The molecule has 1 nitrogen and oxygen atoms in total. The van der Waals surface area contributed by atoms with Crippen LogP contribution in [0.4, 0.5) is 4.39 Å². The molecule has 2 aliphatic carbocycles. The van der Waals surface area contributed by atoms with Crippen molar-refractivity contribution < 1.29 is 9.50 Å². The minimum absolute atomic E-state index is 0.169. The maximum Gasteiger partial charge on any atom is 0.123 e. The lowest BCUT2D eigenvalue weighted by atomic mass is 9.70. The second kappa shape index (κ2) is 13.9. The molecule has 4 aromatic rings. The minimum atomic E-state index is -0.169. The van der Waals surface area contributed by atoms with Crippen molar-refractivity contribution in [1.82, 2.24) is 0 Å². The number of hydrogen-bond donors (Lipinski definition) is 1. The van der Waals surface area contributed by atoms with Gasteiger partial charge in [-0.1, -0.05) is 92.6 Å². The number of aromatic hydroxyl groups is 1. The second-order valence-electron chi connectivity index (χ2n) is 13.4. The van der Waals surface area contributed by atoms with Crippen molar-refractivity contribution in [1.29, 1.82) is 0 Å². The summed E-state index contributed by atoms with van der Waals surface area (Å²) < 4.78 is 13.4. The summed E-state index contributed by atoms with van der Waals surface area (Å²) in [5, 5.41) is 10.1. The zero-order valence-corrected chi connectivity index (χ0v) is 25.7. The molecule has 1 N–H and O–H groups in total. The highest BCUT2D eigenvalue weighted by atomic mass is 19.1. The van der Waals surface area contributed by atoms with Gasteiger partial charge < -0.3 is 5.11 Å². The molecule has 0 spiro atoms. The predicted octanol–water partition coefficient (Wildman–Crippen LogP) is 10.6. The molecule has 5 unspecified atom stereocenters. The summed E-state index contributed by atoms with van der Waals surface area (Å²) in [6.07, 6.45) is 13.1. The summed E-state index contributed by atoms with van der Waals surface area (Å²) in [6, 6.07) is 33.6. The summed E-state index contributed by atoms with van der Waals surface area (Å²) in [7, 11) is 0.